The maximum atomic E-state index is 4.92. The highest BCUT2D eigenvalue weighted by Crippen LogP contribution is 2.38. The first-order chi connectivity index (χ1) is 10.4. The summed E-state index contributed by atoms with van der Waals surface area (Å²) in [5, 5.41) is 0. The Balaban J connectivity index is 1.94. The van der Waals surface area contributed by atoms with Gasteiger partial charge in [-0.1, -0.05) is 37.3 Å². The minimum Gasteiger partial charge on any atom is -0.321 e. The van der Waals surface area contributed by atoms with Gasteiger partial charge in [-0.15, -0.1) is 0 Å². The van der Waals surface area contributed by atoms with E-state index in [0.29, 0.717) is 6.04 Å². The zero-order valence-electron chi connectivity index (χ0n) is 12.4. The molecular weight excluding hydrogens is 256 g/mol. The van der Waals surface area contributed by atoms with E-state index in [0.717, 1.165) is 17.8 Å². The van der Waals surface area contributed by atoms with Gasteiger partial charge in [0.25, 0.3) is 0 Å². The second-order valence-electron chi connectivity index (χ2n) is 5.93. The minimum absolute atomic E-state index is 0.623. The maximum Gasteiger partial charge on any atom is 0.141 e. The Morgan fingerprint density at radius 3 is 2.71 bits per heavy atom. The summed E-state index contributed by atoms with van der Waals surface area (Å²) in [4.78, 5) is 4.92. The molecule has 1 aromatic heterocycles. The van der Waals surface area contributed by atoms with Crippen molar-refractivity contribution in [3.05, 3.63) is 54.1 Å². The van der Waals surface area contributed by atoms with Gasteiger partial charge in [-0.05, 0) is 49.4 Å². The van der Waals surface area contributed by atoms with Gasteiger partial charge in [0, 0.05) is 11.6 Å². The predicted octanol–water partition coefficient (Wildman–Crippen LogP) is 4.99. The first-order valence-corrected chi connectivity index (χ1v) is 7.93. The Hall–Kier alpha value is -2.09. The SMILES string of the molecule is CCc1cccc(-c2nc3ccccc3n2C2CCC2)c1. The van der Waals surface area contributed by atoms with E-state index < -0.39 is 0 Å². The Morgan fingerprint density at radius 1 is 1.10 bits per heavy atom. The number of nitrogens with zero attached hydrogens (tertiary/aromatic N) is 2. The molecule has 3 aromatic rings. The van der Waals surface area contributed by atoms with Gasteiger partial charge in [-0.3, -0.25) is 0 Å². The molecule has 106 valence electrons. The van der Waals surface area contributed by atoms with Crippen LogP contribution in [0.2, 0.25) is 0 Å². The van der Waals surface area contributed by atoms with Crippen molar-refractivity contribution in [2.24, 2.45) is 0 Å². The third kappa shape index (κ3) is 2.06. The molecule has 2 nitrogen and oxygen atoms in total. The molecule has 0 atom stereocenters. The Labute approximate surface area is 125 Å². The summed E-state index contributed by atoms with van der Waals surface area (Å²) in [6, 6.07) is 18.0. The summed E-state index contributed by atoms with van der Waals surface area (Å²) in [7, 11) is 0. The van der Waals surface area contributed by atoms with E-state index in [4.69, 9.17) is 4.98 Å². The topological polar surface area (TPSA) is 17.8 Å². The molecule has 4 rings (SSSR count). The van der Waals surface area contributed by atoms with Crippen molar-refractivity contribution in [2.45, 2.75) is 38.6 Å². The second kappa shape index (κ2) is 5.03. The van der Waals surface area contributed by atoms with Crippen molar-refractivity contribution in [2.75, 3.05) is 0 Å². The lowest BCUT2D eigenvalue weighted by molar-refractivity contribution is 0.323. The molecule has 21 heavy (non-hydrogen) atoms. The van der Waals surface area contributed by atoms with E-state index in [2.05, 4.69) is 60.0 Å². The first kappa shape index (κ1) is 12.6. The van der Waals surface area contributed by atoms with E-state index in [1.807, 2.05) is 0 Å². The van der Waals surface area contributed by atoms with Crippen LogP contribution in [0.4, 0.5) is 0 Å². The molecule has 2 aromatic carbocycles. The van der Waals surface area contributed by atoms with Gasteiger partial charge in [0.1, 0.15) is 5.82 Å². The normalized spacial score (nSPS) is 15.3. The summed E-state index contributed by atoms with van der Waals surface area (Å²) >= 11 is 0. The Bertz CT molecular complexity index is 781. The molecule has 0 unspecified atom stereocenters. The van der Waals surface area contributed by atoms with Crippen LogP contribution in [-0.4, -0.2) is 9.55 Å². The van der Waals surface area contributed by atoms with Gasteiger partial charge >= 0.3 is 0 Å². The average Bonchev–Trinajstić information content (AvgIpc) is 2.85. The lowest BCUT2D eigenvalue weighted by atomic mass is 9.92. The summed E-state index contributed by atoms with van der Waals surface area (Å²) in [6.07, 6.45) is 4.96. The third-order valence-corrected chi connectivity index (χ3v) is 4.63. The van der Waals surface area contributed by atoms with Crippen LogP contribution in [0.3, 0.4) is 0 Å². The Kier molecular flexibility index (Phi) is 3.03. The van der Waals surface area contributed by atoms with Crippen LogP contribution < -0.4 is 0 Å². The number of hydrogen-bond acceptors (Lipinski definition) is 1. The molecule has 0 aliphatic heterocycles. The number of aryl methyl sites for hydroxylation is 1. The molecule has 1 saturated carbocycles. The molecule has 0 bridgehead atoms. The number of rotatable bonds is 3. The molecule has 1 fully saturated rings. The van der Waals surface area contributed by atoms with Crippen LogP contribution in [-0.2, 0) is 6.42 Å². The molecule has 1 aliphatic rings. The quantitative estimate of drug-likeness (QED) is 0.659. The van der Waals surface area contributed by atoms with Gasteiger partial charge in [-0.25, -0.2) is 4.98 Å². The van der Waals surface area contributed by atoms with Crippen molar-refractivity contribution >= 4 is 11.0 Å². The zero-order chi connectivity index (χ0) is 14.2. The van der Waals surface area contributed by atoms with Crippen LogP contribution in [0.1, 0.15) is 37.8 Å². The fraction of sp³-hybridized carbons (Fsp3) is 0.316. The molecule has 1 aliphatic carbocycles. The van der Waals surface area contributed by atoms with Crippen LogP contribution in [0.5, 0.6) is 0 Å². The third-order valence-electron chi connectivity index (χ3n) is 4.63. The number of benzene rings is 2. The minimum atomic E-state index is 0.623. The van der Waals surface area contributed by atoms with Gasteiger partial charge < -0.3 is 4.57 Å². The van der Waals surface area contributed by atoms with Crippen molar-refractivity contribution in [1.29, 1.82) is 0 Å². The largest absolute Gasteiger partial charge is 0.321 e. The smallest absolute Gasteiger partial charge is 0.141 e. The number of hydrogen-bond donors (Lipinski definition) is 0. The summed E-state index contributed by atoms with van der Waals surface area (Å²) < 4.78 is 2.47. The van der Waals surface area contributed by atoms with Crippen molar-refractivity contribution < 1.29 is 0 Å². The maximum absolute atomic E-state index is 4.92. The van der Waals surface area contributed by atoms with Crippen molar-refractivity contribution in [3.63, 3.8) is 0 Å². The van der Waals surface area contributed by atoms with E-state index in [1.54, 1.807) is 0 Å². The van der Waals surface area contributed by atoms with E-state index >= 15 is 0 Å². The fourth-order valence-electron chi connectivity index (χ4n) is 3.19. The zero-order valence-corrected chi connectivity index (χ0v) is 12.4. The fourth-order valence-corrected chi connectivity index (χ4v) is 3.19. The molecule has 0 spiro atoms. The Morgan fingerprint density at radius 2 is 1.95 bits per heavy atom. The summed E-state index contributed by atoms with van der Waals surface area (Å²) in [5.41, 5.74) is 5.01. The average molecular weight is 276 g/mol. The number of para-hydroxylation sites is 2. The van der Waals surface area contributed by atoms with E-state index in [9.17, 15) is 0 Å². The monoisotopic (exact) mass is 276 g/mol. The van der Waals surface area contributed by atoms with Gasteiger partial charge in [0.2, 0.25) is 0 Å². The molecule has 0 saturated heterocycles. The number of aromatic nitrogens is 2. The predicted molar refractivity (Wildman–Crippen MR) is 87.4 cm³/mol. The van der Waals surface area contributed by atoms with Gasteiger partial charge in [0.05, 0.1) is 11.0 Å². The van der Waals surface area contributed by atoms with Crippen molar-refractivity contribution in [3.8, 4) is 11.4 Å². The van der Waals surface area contributed by atoms with Gasteiger partial charge in [-0.2, -0.15) is 0 Å². The van der Waals surface area contributed by atoms with Crippen LogP contribution in [0, 0.1) is 0 Å². The van der Waals surface area contributed by atoms with E-state index in [1.165, 1.54) is 35.9 Å². The lowest BCUT2D eigenvalue weighted by Crippen LogP contribution is -2.17. The highest BCUT2D eigenvalue weighted by Gasteiger charge is 2.25. The highest BCUT2D eigenvalue weighted by atomic mass is 15.1. The summed E-state index contributed by atoms with van der Waals surface area (Å²) in [5.74, 6) is 1.14. The molecule has 0 N–H and O–H groups in total. The molecule has 1 heterocycles. The van der Waals surface area contributed by atoms with Crippen molar-refractivity contribution in [1.82, 2.24) is 9.55 Å². The molecule has 2 heteroatoms. The van der Waals surface area contributed by atoms with Crippen LogP contribution >= 0.6 is 0 Å². The van der Waals surface area contributed by atoms with Gasteiger partial charge in [0.15, 0.2) is 0 Å². The number of imidazole rings is 1. The van der Waals surface area contributed by atoms with E-state index in [-0.39, 0.29) is 0 Å². The second-order valence-corrected chi connectivity index (χ2v) is 5.93. The van der Waals surface area contributed by atoms with Crippen LogP contribution in [0.25, 0.3) is 22.4 Å². The first-order valence-electron chi connectivity index (χ1n) is 7.93. The molecule has 0 radical (unpaired) electrons. The molecular formula is C19H20N2. The lowest BCUT2D eigenvalue weighted by Gasteiger charge is -2.29. The summed E-state index contributed by atoms with van der Waals surface area (Å²) in [6.45, 7) is 2.20. The number of fused-ring (bicyclic) bond motifs is 1. The molecule has 0 amide bonds. The highest BCUT2D eigenvalue weighted by molar-refractivity contribution is 5.81. The van der Waals surface area contributed by atoms with Crippen LogP contribution in [0.15, 0.2) is 48.5 Å². The standard InChI is InChI=1S/C19H20N2/c1-2-14-7-5-8-15(13-14)19-20-17-11-3-4-12-18(17)21(19)16-9-6-10-16/h3-5,7-8,11-13,16H,2,6,9-10H2,1H3.